The molecule has 1 aliphatic heterocycles. The maximum Gasteiger partial charge on any atom is 0.000673 e. The minimum absolute atomic E-state index is 0.971. The summed E-state index contributed by atoms with van der Waals surface area (Å²) in [5, 5.41) is 0. The zero-order chi connectivity index (χ0) is 8.27. The van der Waals surface area contributed by atoms with Crippen molar-refractivity contribution in [2.75, 3.05) is 20.1 Å². The molecule has 1 heteroatoms. The molecule has 0 radical (unpaired) electrons. The van der Waals surface area contributed by atoms with E-state index in [1.165, 1.54) is 32.4 Å². The lowest BCUT2D eigenvalue weighted by atomic mass is 9.86. The summed E-state index contributed by atoms with van der Waals surface area (Å²) in [6.45, 7) is 7.28. The van der Waals surface area contributed by atoms with Crippen LogP contribution in [0.15, 0.2) is 0 Å². The van der Waals surface area contributed by atoms with E-state index >= 15 is 0 Å². The summed E-state index contributed by atoms with van der Waals surface area (Å²) >= 11 is 0. The maximum atomic E-state index is 2.49. The number of piperidine rings is 1. The third-order valence-corrected chi connectivity index (χ3v) is 2.96. The fourth-order valence-corrected chi connectivity index (χ4v) is 2.17. The van der Waals surface area contributed by atoms with Gasteiger partial charge in [0.25, 0.3) is 0 Å². The van der Waals surface area contributed by atoms with Crippen LogP contribution >= 0.6 is 0 Å². The van der Waals surface area contributed by atoms with Gasteiger partial charge in [-0.15, -0.1) is 0 Å². The van der Waals surface area contributed by atoms with Gasteiger partial charge in [-0.3, -0.25) is 0 Å². The van der Waals surface area contributed by atoms with Crippen LogP contribution < -0.4 is 0 Å². The Balaban J connectivity index is 2.37. The fourth-order valence-electron chi connectivity index (χ4n) is 2.17. The SMILES string of the molecule is CC[C@H]1C[C@H](CC)CN(C)C1. The van der Waals surface area contributed by atoms with Crippen LogP contribution in [0.1, 0.15) is 33.1 Å². The Morgan fingerprint density at radius 1 is 1.09 bits per heavy atom. The molecule has 0 unspecified atom stereocenters. The Labute approximate surface area is 70.8 Å². The molecule has 1 heterocycles. The lowest BCUT2D eigenvalue weighted by Gasteiger charge is -2.34. The molecule has 1 saturated heterocycles. The molecule has 0 aromatic heterocycles. The molecule has 0 spiro atoms. The maximum absolute atomic E-state index is 2.49. The van der Waals surface area contributed by atoms with Crippen LogP contribution in [0, 0.1) is 11.8 Å². The van der Waals surface area contributed by atoms with Crippen LogP contribution in [-0.2, 0) is 0 Å². The molecular formula is C10H21N. The number of likely N-dealkylation sites (tertiary alicyclic amines) is 1. The zero-order valence-electron chi connectivity index (χ0n) is 8.14. The van der Waals surface area contributed by atoms with Gasteiger partial charge in [0, 0.05) is 13.1 Å². The number of hydrogen-bond acceptors (Lipinski definition) is 1. The fraction of sp³-hybridized carbons (Fsp3) is 1.00. The van der Waals surface area contributed by atoms with E-state index in [1.54, 1.807) is 0 Å². The molecule has 0 bridgehead atoms. The van der Waals surface area contributed by atoms with Crippen LogP contribution in [0.4, 0.5) is 0 Å². The summed E-state index contributed by atoms with van der Waals surface area (Å²) in [5.74, 6) is 1.94. The van der Waals surface area contributed by atoms with E-state index in [0.29, 0.717) is 0 Å². The van der Waals surface area contributed by atoms with Gasteiger partial charge in [-0.1, -0.05) is 26.7 Å². The highest BCUT2D eigenvalue weighted by atomic mass is 15.1. The number of rotatable bonds is 2. The molecule has 0 saturated carbocycles. The van der Waals surface area contributed by atoms with Gasteiger partial charge < -0.3 is 4.90 Å². The quantitative estimate of drug-likeness (QED) is 0.592. The Morgan fingerprint density at radius 2 is 1.55 bits per heavy atom. The Hall–Kier alpha value is -0.0400. The summed E-state index contributed by atoms with van der Waals surface area (Å²) in [7, 11) is 2.25. The van der Waals surface area contributed by atoms with Gasteiger partial charge in [0.2, 0.25) is 0 Å². The Kier molecular flexibility index (Phi) is 3.38. The normalized spacial score (nSPS) is 34.1. The molecule has 66 valence electrons. The smallest absolute Gasteiger partial charge is 0.000673 e. The van der Waals surface area contributed by atoms with E-state index in [2.05, 4.69) is 25.8 Å². The molecular weight excluding hydrogens is 134 g/mol. The van der Waals surface area contributed by atoms with Crippen molar-refractivity contribution in [1.82, 2.24) is 4.90 Å². The topological polar surface area (TPSA) is 3.24 Å². The first-order valence-corrected chi connectivity index (χ1v) is 4.94. The van der Waals surface area contributed by atoms with Gasteiger partial charge in [0.1, 0.15) is 0 Å². The molecule has 11 heavy (non-hydrogen) atoms. The largest absolute Gasteiger partial charge is 0.306 e. The van der Waals surface area contributed by atoms with Crippen LogP contribution in [0.5, 0.6) is 0 Å². The third kappa shape index (κ3) is 2.48. The van der Waals surface area contributed by atoms with Gasteiger partial charge in [-0.25, -0.2) is 0 Å². The molecule has 0 aromatic rings. The van der Waals surface area contributed by atoms with Crippen molar-refractivity contribution in [1.29, 1.82) is 0 Å². The zero-order valence-corrected chi connectivity index (χ0v) is 8.14. The highest BCUT2D eigenvalue weighted by molar-refractivity contribution is 4.75. The number of nitrogens with zero attached hydrogens (tertiary/aromatic N) is 1. The van der Waals surface area contributed by atoms with Crippen molar-refractivity contribution in [3.8, 4) is 0 Å². The summed E-state index contributed by atoms with van der Waals surface area (Å²) in [6, 6.07) is 0. The van der Waals surface area contributed by atoms with Gasteiger partial charge in [0.05, 0.1) is 0 Å². The molecule has 1 nitrogen and oxygen atoms in total. The van der Waals surface area contributed by atoms with Crippen molar-refractivity contribution < 1.29 is 0 Å². The van der Waals surface area contributed by atoms with Crippen molar-refractivity contribution in [3.63, 3.8) is 0 Å². The minimum Gasteiger partial charge on any atom is -0.306 e. The van der Waals surface area contributed by atoms with Gasteiger partial charge in [-0.05, 0) is 25.3 Å². The highest BCUT2D eigenvalue weighted by Gasteiger charge is 2.22. The van der Waals surface area contributed by atoms with E-state index in [9.17, 15) is 0 Å². The van der Waals surface area contributed by atoms with E-state index in [1.807, 2.05) is 0 Å². The summed E-state index contributed by atoms with van der Waals surface area (Å²) in [5.41, 5.74) is 0. The van der Waals surface area contributed by atoms with Crippen LogP contribution in [0.2, 0.25) is 0 Å². The van der Waals surface area contributed by atoms with E-state index in [0.717, 1.165) is 11.8 Å². The standard InChI is InChI=1S/C10H21N/c1-4-9-6-10(5-2)8-11(3)7-9/h9-10H,4-8H2,1-3H3/t9-,10-/m0/s1. The van der Waals surface area contributed by atoms with Gasteiger partial charge in [0.15, 0.2) is 0 Å². The number of hydrogen-bond donors (Lipinski definition) is 0. The summed E-state index contributed by atoms with van der Waals surface area (Å²) < 4.78 is 0. The first-order valence-electron chi connectivity index (χ1n) is 4.94. The first kappa shape index (κ1) is 9.05. The van der Waals surface area contributed by atoms with E-state index < -0.39 is 0 Å². The first-order chi connectivity index (χ1) is 5.26. The summed E-state index contributed by atoms with van der Waals surface area (Å²) in [4.78, 5) is 2.49. The van der Waals surface area contributed by atoms with Gasteiger partial charge >= 0.3 is 0 Å². The predicted octanol–water partition coefficient (Wildman–Crippen LogP) is 2.37. The predicted molar refractivity (Wildman–Crippen MR) is 49.7 cm³/mol. The summed E-state index contributed by atoms with van der Waals surface area (Å²) in [6.07, 6.45) is 4.19. The van der Waals surface area contributed by atoms with Crippen LogP contribution in [0.3, 0.4) is 0 Å². The average molecular weight is 155 g/mol. The second-order valence-electron chi connectivity index (χ2n) is 4.01. The molecule has 1 rings (SSSR count). The third-order valence-electron chi connectivity index (χ3n) is 2.96. The van der Waals surface area contributed by atoms with Crippen molar-refractivity contribution in [2.45, 2.75) is 33.1 Å². The van der Waals surface area contributed by atoms with Gasteiger partial charge in [-0.2, -0.15) is 0 Å². The molecule has 0 N–H and O–H groups in total. The molecule has 0 aliphatic carbocycles. The van der Waals surface area contributed by atoms with E-state index in [-0.39, 0.29) is 0 Å². The van der Waals surface area contributed by atoms with Crippen molar-refractivity contribution in [3.05, 3.63) is 0 Å². The Bertz CT molecular complexity index is 99.4. The van der Waals surface area contributed by atoms with E-state index in [4.69, 9.17) is 0 Å². The Morgan fingerprint density at radius 3 is 1.91 bits per heavy atom. The molecule has 1 fully saturated rings. The van der Waals surface area contributed by atoms with Crippen molar-refractivity contribution in [2.24, 2.45) is 11.8 Å². The molecule has 2 atom stereocenters. The monoisotopic (exact) mass is 155 g/mol. The van der Waals surface area contributed by atoms with Crippen LogP contribution in [0.25, 0.3) is 0 Å². The molecule has 0 amide bonds. The second-order valence-corrected chi connectivity index (χ2v) is 4.01. The second kappa shape index (κ2) is 4.10. The van der Waals surface area contributed by atoms with Crippen molar-refractivity contribution >= 4 is 0 Å². The minimum atomic E-state index is 0.971. The highest BCUT2D eigenvalue weighted by Crippen LogP contribution is 2.24. The molecule has 0 aromatic carbocycles. The lowest BCUT2D eigenvalue weighted by Crippen LogP contribution is -2.37. The molecule has 1 aliphatic rings. The van der Waals surface area contributed by atoms with Crippen LogP contribution in [-0.4, -0.2) is 25.0 Å². The average Bonchev–Trinajstić information content (AvgIpc) is 2.03. The lowest BCUT2D eigenvalue weighted by molar-refractivity contribution is 0.146.